The number of nitrogens with one attached hydrogen (secondary N) is 1. The summed E-state index contributed by atoms with van der Waals surface area (Å²) in [7, 11) is 0. The van der Waals surface area contributed by atoms with Gasteiger partial charge in [0.25, 0.3) is 5.91 Å². The van der Waals surface area contributed by atoms with Gasteiger partial charge in [-0.25, -0.2) is 9.97 Å². The van der Waals surface area contributed by atoms with E-state index in [9.17, 15) is 4.79 Å². The molecule has 0 spiro atoms. The van der Waals surface area contributed by atoms with Gasteiger partial charge in [-0.3, -0.25) is 4.79 Å². The molecule has 0 unspecified atom stereocenters. The Hall–Kier alpha value is -1.83. The second kappa shape index (κ2) is 11.2. The molecule has 6 nitrogen and oxygen atoms in total. The van der Waals surface area contributed by atoms with Gasteiger partial charge in [-0.15, -0.1) is 0 Å². The fourth-order valence-electron chi connectivity index (χ4n) is 4.12. The van der Waals surface area contributed by atoms with E-state index in [0.29, 0.717) is 28.2 Å². The lowest BCUT2D eigenvalue weighted by atomic mass is 10.1. The fourth-order valence-corrected chi connectivity index (χ4v) is 5.15. The number of piperidine rings is 1. The molecule has 1 N–H and O–H groups in total. The SMILES string of the molecule is O=C(NCCN1CCCCC1)c1cccc(CSc2nc(Cl)cc(N3CCCC3)n2)c1. The van der Waals surface area contributed by atoms with E-state index >= 15 is 0 Å². The van der Waals surface area contributed by atoms with Gasteiger partial charge < -0.3 is 15.1 Å². The molecule has 0 radical (unpaired) electrons. The number of halogens is 1. The quantitative estimate of drug-likeness (QED) is 0.362. The predicted octanol–water partition coefficient (Wildman–Crippen LogP) is 4.24. The van der Waals surface area contributed by atoms with Crippen LogP contribution in [0.1, 0.15) is 48.0 Å². The van der Waals surface area contributed by atoms with Gasteiger partial charge in [0.05, 0.1) is 0 Å². The molecule has 4 rings (SSSR count). The van der Waals surface area contributed by atoms with Crippen molar-refractivity contribution >= 4 is 35.1 Å². The standard InChI is InChI=1S/C23H30ClN5OS/c24-20-16-21(29-12-4-5-13-29)27-23(26-20)31-17-18-7-6-8-19(15-18)22(30)25-9-14-28-10-2-1-3-11-28/h6-8,15-16H,1-5,9-14,17H2,(H,25,30). The minimum absolute atomic E-state index is 0.0146. The average Bonchev–Trinajstić information content (AvgIpc) is 3.33. The van der Waals surface area contributed by atoms with Crippen molar-refractivity contribution in [3.8, 4) is 0 Å². The molecule has 2 fully saturated rings. The Morgan fingerprint density at radius 1 is 1.03 bits per heavy atom. The highest BCUT2D eigenvalue weighted by Crippen LogP contribution is 2.26. The highest BCUT2D eigenvalue weighted by atomic mass is 35.5. The number of aromatic nitrogens is 2. The predicted molar refractivity (Wildman–Crippen MR) is 127 cm³/mol. The van der Waals surface area contributed by atoms with Crippen LogP contribution in [-0.4, -0.2) is 60.0 Å². The Balaban J connectivity index is 1.30. The van der Waals surface area contributed by atoms with E-state index in [1.54, 1.807) is 11.8 Å². The number of benzene rings is 1. The monoisotopic (exact) mass is 459 g/mol. The number of hydrogen-bond acceptors (Lipinski definition) is 6. The van der Waals surface area contributed by atoms with Crippen molar-refractivity contribution in [2.24, 2.45) is 0 Å². The number of nitrogens with zero attached hydrogens (tertiary/aromatic N) is 4. The zero-order chi connectivity index (χ0) is 21.5. The minimum Gasteiger partial charge on any atom is -0.356 e. The van der Waals surface area contributed by atoms with Crippen molar-refractivity contribution < 1.29 is 4.79 Å². The third-order valence-electron chi connectivity index (χ3n) is 5.81. The van der Waals surface area contributed by atoms with Gasteiger partial charge >= 0.3 is 0 Å². The molecule has 0 saturated carbocycles. The summed E-state index contributed by atoms with van der Waals surface area (Å²) >= 11 is 7.78. The number of carbonyl (C=O) groups is 1. The molecular weight excluding hydrogens is 430 g/mol. The van der Waals surface area contributed by atoms with Crippen LogP contribution < -0.4 is 10.2 Å². The second-order valence-electron chi connectivity index (χ2n) is 8.17. The van der Waals surface area contributed by atoms with Crippen molar-refractivity contribution in [2.75, 3.05) is 44.2 Å². The second-order valence-corrected chi connectivity index (χ2v) is 9.50. The van der Waals surface area contributed by atoms with Crippen molar-refractivity contribution in [1.29, 1.82) is 0 Å². The molecular formula is C23H30ClN5OS. The Morgan fingerprint density at radius 2 is 1.81 bits per heavy atom. The molecule has 1 amide bonds. The Labute approximate surface area is 193 Å². The zero-order valence-corrected chi connectivity index (χ0v) is 19.4. The number of carbonyl (C=O) groups excluding carboxylic acids is 1. The van der Waals surface area contributed by atoms with E-state index in [1.165, 1.54) is 32.1 Å². The summed E-state index contributed by atoms with van der Waals surface area (Å²) in [5.74, 6) is 1.58. The summed E-state index contributed by atoms with van der Waals surface area (Å²) in [6, 6.07) is 9.63. The molecule has 166 valence electrons. The van der Waals surface area contributed by atoms with Crippen LogP contribution in [0.2, 0.25) is 5.15 Å². The van der Waals surface area contributed by atoms with Crippen LogP contribution in [0.25, 0.3) is 0 Å². The zero-order valence-electron chi connectivity index (χ0n) is 17.9. The molecule has 2 saturated heterocycles. The first-order valence-corrected chi connectivity index (χ1v) is 12.6. The van der Waals surface area contributed by atoms with Crippen LogP contribution in [0.4, 0.5) is 5.82 Å². The van der Waals surface area contributed by atoms with Gasteiger partial charge in [-0.1, -0.05) is 41.9 Å². The third-order valence-corrected chi connectivity index (χ3v) is 6.92. The maximum absolute atomic E-state index is 12.6. The highest BCUT2D eigenvalue weighted by molar-refractivity contribution is 7.98. The van der Waals surface area contributed by atoms with Crippen LogP contribution in [0.15, 0.2) is 35.5 Å². The maximum Gasteiger partial charge on any atom is 0.251 e. The van der Waals surface area contributed by atoms with E-state index in [1.807, 2.05) is 30.3 Å². The van der Waals surface area contributed by atoms with Gasteiger partial charge in [0, 0.05) is 43.6 Å². The van der Waals surface area contributed by atoms with Crippen molar-refractivity contribution in [1.82, 2.24) is 20.2 Å². The topological polar surface area (TPSA) is 61.4 Å². The number of likely N-dealkylation sites (tertiary alicyclic amines) is 1. The molecule has 8 heteroatoms. The van der Waals surface area contributed by atoms with Gasteiger partial charge in [0.15, 0.2) is 5.16 Å². The fraction of sp³-hybridized carbons (Fsp3) is 0.522. The molecule has 0 aliphatic carbocycles. The van der Waals surface area contributed by atoms with Crippen LogP contribution >= 0.6 is 23.4 Å². The summed E-state index contributed by atoms with van der Waals surface area (Å²) in [5, 5.41) is 4.20. The van der Waals surface area contributed by atoms with Crippen molar-refractivity contribution in [3.63, 3.8) is 0 Å². The molecule has 2 aliphatic rings. The lowest BCUT2D eigenvalue weighted by Crippen LogP contribution is -2.37. The normalized spacial score (nSPS) is 17.1. The first-order valence-electron chi connectivity index (χ1n) is 11.2. The molecule has 2 aliphatic heterocycles. The molecule has 3 heterocycles. The van der Waals surface area contributed by atoms with Gasteiger partial charge in [0.2, 0.25) is 0 Å². The summed E-state index contributed by atoms with van der Waals surface area (Å²) in [4.78, 5) is 26.3. The molecule has 1 aromatic heterocycles. The van der Waals surface area contributed by atoms with E-state index in [-0.39, 0.29) is 5.91 Å². The molecule has 0 atom stereocenters. The summed E-state index contributed by atoms with van der Waals surface area (Å²) < 4.78 is 0. The van der Waals surface area contributed by atoms with Crippen molar-refractivity contribution in [3.05, 3.63) is 46.6 Å². The number of hydrogen-bond donors (Lipinski definition) is 1. The first-order chi connectivity index (χ1) is 15.2. The number of amides is 1. The number of anilines is 1. The van der Waals surface area contributed by atoms with Crippen molar-refractivity contribution in [2.45, 2.75) is 43.0 Å². The minimum atomic E-state index is -0.0146. The van der Waals surface area contributed by atoms with Gasteiger partial charge in [-0.05, 0) is 56.5 Å². The summed E-state index contributed by atoms with van der Waals surface area (Å²) in [5.41, 5.74) is 1.77. The van der Waals surface area contributed by atoms with E-state index in [2.05, 4.69) is 25.1 Å². The van der Waals surface area contributed by atoms with Gasteiger partial charge in [-0.2, -0.15) is 0 Å². The average molecular weight is 460 g/mol. The number of thioether (sulfide) groups is 1. The van der Waals surface area contributed by atoms with Gasteiger partial charge in [0.1, 0.15) is 11.0 Å². The first kappa shape index (κ1) is 22.4. The van der Waals surface area contributed by atoms with Crippen LogP contribution in [-0.2, 0) is 5.75 Å². The Morgan fingerprint density at radius 3 is 2.61 bits per heavy atom. The lowest BCUT2D eigenvalue weighted by molar-refractivity contribution is 0.0946. The van der Waals surface area contributed by atoms with E-state index in [4.69, 9.17) is 11.6 Å². The highest BCUT2D eigenvalue weighted by Gasteiger charge is 2.16. The Bertz CT molecular complexity index is 884. The maximum atomic E-state index is 12.6. The largest absolute Gasteiger partial charge is 0.356 e. The van der Waals surface area contributed by atoms with Crippen LogP contribution in [0.3, 0.4) is 0 Å². The third kappa shape index (κ3) is 6.57. The summed E-state index contributed by atoms with van der Waals surface area (Å²) in [6.07, 6.45) is 6.24. The summed E-state index contributed by atoms with van der Waals surface area (Å²) in [6.45, 7) is 5.94. The molecule has 2 aromatic rings. The van der Waals surface area contributed by atoms with E-state index < -0.39 is 0 Å². The molecule has 31 heavy (non-hydrogen) atoms. The van der Waals surface area contributed by atoms with Crippen LogP contribution in [0, 0.1) is 0 Å². The lowest BCUT2D eigenvalue weighted by Gasteiger charge is -2.26. The van der Waals surface area contributed by atoms with Crippen LogP contribution in [0.5, 0.6) is 0 Å². The number of rotatable bonds is 8. The molecule has 0 bridgehead atoms. The van der Waals surface area contributed by atoms with E-state index in [0.717, 1.165) is 44.1 Å². The smallest absolute Gasteiger partial charge is 0.251 e. The molecule has 1 aromatic carbocycles. The Kier molecular flexibility index (Phi) is 8.05.